The van der Waals surface area contributed by atoms with Crippen molar-refractivity contribution < 1.29 is 14.3 Å². The van der Waals surface area contributed by atoms with Gasteiger partial charge in [-0.1, -0.05) is 29.3 Å². The van der Waals surface area contributed by atoms with Gasteiger partial charge in [0, 0.05) is 16.1 Å². The van der Waals surface area contributed by atoms with E-state index in [-0.39, 0.29) is 0 Å². The lowest BCUT2D eigenvalue weighted by molar-refractivity contribution is 0.262. The Labute approximate surface area is 184 Å². The molecule has 3 rings (SSSR count). The van der Waals surface area contributed by atoms with Crippen LogP contribution in [0.5, 0.6) is 11.5 Å². The molecule has 30 heavy (non-hydrogen) atoms. The number of benzene rings is 2. The smallest absolute Gasteiger partial charge is 0.323 e. The van der Waals surface area contributed by atoms with Crippen molar-refractivity contribution >= 4 is 40.6 Å². The molecule has 0 aliphatic heterocycles. The number of carbonyl (C=O) groups excluding carboxylic acids is 1. The van der Waals surface area contributed by atoms with Crippen LogP contribution in [0.4, 0.5) is 16.2 Å². The van der Waals surface area contributed by atoms with Crippen LogP contribution in [-0.4, -0.2) is 30.0 Å². The van der Waals surface area contributed by atoms with E-state index in [2.05, 4.69) is 15.7 Å². The molecule has 7 nitrogen and oxygen atoms in total. The standard InChI is InChI=1S/C21H22Cl2N4O3/c1-12-20(13(2)27(26-12)11-14-5-6-15(22)9-17(14)23)25-21(28)24-18-8-7-16(29-3)10-19(18)30-4/h5-10H,11H2,1-4H3,(H2,24,25,28). The molecule has 1 aromatic heterocycles. The molecule has 2 amide bonds. The number of ether oxygens (including phenoxy) is 2. The van der Waals surface area contributed by atoms with Crippen molar-refractivity contribution in [2.45, 2.75) is 20.4 Å². The summed E-state index contributed by atoms with van der Waals surface area (Å²) < 4.78 is 12.3. The normalized spacial score (nSPS) is 10.6. The highest BCUT2D eigenvalue weighted by molar-refractivity contribution is 6.35. The molecule has 0 saturated heterocycles. The summed E-state index contributed by atoms with van der Waals surface area (Å²) in [4.78, 5) is 12.6. The van der Waals surface area contributed by atoms with Gasteiger partial charge in [0.15, 0.2) is 0 Å². The number of anilines is 2. The Hall–Kier alpha value is -2.90. The van der Waals surface area contributed by atoms with E-state index < -0.39 is 6.03 Å². The number of halogens is 2. The Morgan fingerprint density at radius 2 is 1.83 bits per heavy atom. The lowest BCUT2D eigenvalue weighted by Gasteiger charge is -2.13. The summed E-state index contributed by atoms with van der Waals surface area (Å²) >= 11 is 12.2. The van der Waals surface area contributed by atoms with Crippen molar-refractivity contribution in [3.63, 3.8) is 0 Å². The van der Waals surface area contributed by atoms with Gasteiger partial charge < -0.3 is 20.1 Å². The quantitative estimate of drug-likeness (QED) is 0.520. The van der Waals surface area contributed by atoms with Crippen LogP contribution in [0.3, 0.4) is 0 Å². The SMILES string of the molecule is COc1ccc(NC(=O)Nc2c(C)nn(Cc3ccc(Cl)cc3Cl)c2C)c(OC)c1. The first-order valence-corrected chi connectivity index (χ1v) is 9.86. The molecule has 0 radical (unpaired) electrons. The summed E-state index contributed by atoms with van der Waals surface area (Å²) in [5.74, 6) is 1.12. The fraction of sp³-hybridized carbons (Fsp3) is 0.238. The number of aryl methyl sites for hydroxylation is 1. The summed E-state index contributed by atoms with van der Waals surface area (Å²) in [5, 5.41) is 11.3. The molecule has 0 saturated carbocycles. The number of aromatic nitrogens is 2. The van der Waals surface area contributed by atoms with Gasteiger partial charge in [0.25, 0.3) is 0 Å². The first-order chi connectivity index (χ1) is 14.3. The van der Waals surface area contributed by atoms with Crippen LogP contribution in [0.25, 0.3) is 0 Å². The minimum atomic E-state index is -0.409. The number of rotatable bonds is 6. The number of amides is 2. The maximum atomic E-state index is 12.6. The zero-order chi connectivity index (χ0) is 21.8. The highest BCUT2D eigenvalue weighted by Crippen LogP contribution is 2.30. The van der Waals surface area contributed by atoms with Gasteiger partial charge in [-0.2, -0.15) is 5.10 Å². The van der Waals surface area contributed by atoms with Crippen molar-refractivity contribution in [1.82, 2.24) is 9.78 Å². The first kappa shape index (κ1) is 21.8. The topological polar surface area (TPSA) is 77.4 Å². The average Bonchev–Trinajstić information content (AvgIpc) is 2.97. The van der Waals surface area contributed by atoms with Gasteiger partial charge in [-0.15, -0.1) is 0 Å². The molecule has 0 atom stereocenters. The van der Waals surface area contributed by atoms with Crippen molar-refractivity contribution in [1.29, 1.82) is 0 Å². The van der Waals surface area contributed by atoms with Crippen LogP contribution in [0.1, 0.15) is 17.0 Å². The number of hydrogen-bond donors (Lipinski definition) is 2. The van der Waals surface area contributed by atoms with Gasteiger partial charge in [-0.05, 0) is 43.7 Å². The van der Waals surface area contributed by atoms with Gasteiger partial charge in [0.1, 0.15) is 11.5 Å². The van der Waals surface area contributed by atoms with E-state index in [1.165, 1.54) is 7.11 Å². The minimum Gasteiger partial charge on any atom is -0.497 e. The number of nitrogens with zero attached hydrogens (tertiary/aromatic N) is 2. The number of carbonyl (C=O) groups is 1. The Bertz CT molecular complexity index is 1080. The number of methoxy groups -OCH3 is 2. The number of hydrogen-bond acceptors (Lipinski definition) is 4. The molecular formula is C21H22Cl2N4O3. The number of urea groups is 1. The van der Waals surface area contributed by atoms with E-state index in [0.29, 0.717) is 45.2 Å². The molecule has 0 unspecified atom stereocenters. The van der Waals surface area contributed by atoms with E-state index in [1.54, 1.807) is 42.1 Å². The molecule has 0 spiro atoms. The second kappa shape index (κ2) is 9.28. The zero-order valence-electron chi connectivity index (χ0n) is 17.0. The van der Waals surface area contributed by atoms with E-state index in [9.17, 15) is 4.79 Å². The van der Waals surface area contributed by atoms with Crippen LogP contribution in [0, 0.1) is 13.8 Å². The van der Waals surface area contributed by atoms with Crippen LogP contribution in [-0.2, 0) is 6.54 Å². The molecule has 0 aliphatic rings. The molecule has 2 N–H and O–H groups in total. The zero-order valence-corrected chi connectivity index (χ0v) is 18.6. The maximum absolute atomic E-state index is 12.6. The molecule has 158 valence electrons. The highest BCUT2D eigenvalue weighted by atomic mass is 35.5. The Balaban J connectivity index is 1.76. The molecule has 0 aliphatic carbocycles. The Morgan fingerprint density at radius 3 is 2.50 bits per heavy atom. The average molecular weight is 449 g/mol. The van der Waals surface area contributed by atoms with Crippen LogP contribution < -0.4 is 20.1 Å². The lowest BCUT2D eigenvalue weighted by Crippen LogP contribution is -2.20. The van der Waals surface area contributed by atoms with E-state index in [0.717, 1.165) is 11.3 Å². The molecule has 0 fully saturated rings. The van der Waals surface area contributed by atoms with Crippen LogP contribution >= 0.6 is 23.2 Å². The maximum Gasteiger partial charge on any atom is 0.323 e. The van der Waals surface area contributed by atoms with E-state index in [4.69, 9.17) is 32.7 Å². The third-order valence-corrected chi connectivity index (χ3v) is 5.20. The highest BCUT2D eigenvalue weighted by Gasteiger charge is 2.16. The minimum absolute atomic E-state index is 0.409. The van der Waals surface area contributed by atoms with Gasteiger partial charge >= 0.3 is 6.03 Å². The van der Waals surface area contributed by atoms with Crippen LogP contribution in [0.2, 0.25) is 10.0 Å². The van der Waals surface area contributed by atoms with E-state index in [1.807, 2.05) is 19.9 Å². The third kappa shape index (κ3) is 4.80. The summed E-state index contributed by atoms with van der Waals surface area (Å²) in [6, 6.07) is 10.1. The second-order valence-corrected chi connectivity index (χ2v) is 7.43. The van der Waals surface area contributed by atoms with E-state index >= 15 is 0 Å². The molecule has 0 bridgehead atoms. The number of nitrogens with one attached hydrogen (secondary N) is 2. The largest absolute Gasteiger partial charge is 0.497 e. The van der Waals surface area contributed by atoms with Crippen LogP contribution in [0.15, 0.2) is 36.4 Å². The molecule has 3 aromatic rings. The van der Waals surface area contributed by atoms with Crippen molar-refractivity contribution in [3.05, 3.63) is 63.4 Å². The lowest BCUT2D eigenvalue weighted by atomic mass is 10.2. The Kier molecular flexibility index (Phi) is 6.74. The first-order valence-electron chi connectivity index (χ1n) is 9.10. The second-order valence-electron chi connectivity index (χ2n) is 6.58. The van der Waals surface area contributed by atoms with Gasteiger partial charge in [-0.3, -0.25) is 4.68 Å². The predicted molar refractivity (Wildman–Crippen MR) is 119 cm³/mol. The Morgan fingerprint density at radius 1 is 1.07 bits per heavy atom. The summed E-state index contributed by atoms with van der Waals surface area (Å²) in [5.41, 5.74) is 3.52. The third-order valence-electron chi connectivity index (χ3n) is 4.61. The molecule has 9 heteroatoms. The molecule has 1 heterocycles. The van der Waals surface area contributed by atoms with Gasteiger partial charge in [-0.25, -0.2) is 4.79 Å². The summed E-state index contributed by atoms with van der Waals surface area (Å²) in [6.45, 7) is 4.17. The molecule has 2 aromatic carbocycles. The predicted octanol–water partition coefficient (Wildman–Crippen LogP) is 5.52. The van der Waals surface area contributed by atoms with Gasteiger partial charge in [0.05, 0.1) is 43.5 Å². The monoisotopic (exact) mass is 448 g/mol. The van der Waals surface area contributed by atoms with Gasteiger partial charge in [0.2, 0.25) is 0 Å². The van der Waals surface area contributed by atoms with Crippen molar-refractivity contribution in [2.75, 3.05) is 24.9 Å². The van der Waals surface area contributed by atoms with Crippen molar-refractivity contribution in [3.8, 4) is 11.5 Å². The van der Waals surface area contributed by atoms with Crippen molar-refractivity contribution in [2.24, 2.45) is 0 Å². The fourth-order valence-corrected chi connectivity index (χ4v) is 3.48. The summed E-state index contributed by atoms with van der Waals surface area (Å²) in [6.07, 6.45) is 0. The molecular weight excluding hydrogens is 427 g/mol. The fourth-order valence-electron chi connectivity index (χ4n) is 3.01. The summed E-state index contributed by atoms with van der Waals surface area (Å²) in [7, 11) is 3.09.